The minimum atomic E-state index is -0.347. The first kappa shape index (κ1) is 37.4. The number of hydrogen-bond acceptors (Lipinski definition) is 3. The summed E-state index contributed by atoms with van der Waals surface area (Å²) >= 11 is 0. The zero-order valence-electron chi connectivity index (χ0n) is 27.6. The van der Waals surface area contributed by atoms with Gasteiger partial charge in [-0.05, 0) is 71.3 Å². The molecule has 236 valence electrons. The van der Waals surface area contributed by atoms with Crippen molar-refractivity contribution in [3.8, 4) is 0 Å². The van der Waals surface area contributed by atoms with E-state index in [1.54, 1.807) is 0 Å². The van der Waals surface area contributed by atoms with E-state index in [0.717, 1.165) is 32.7 Å². The molecule has 0 radical (unpaired) electrons. The molecule has 1 aliphatic rings. The highest BCUT2D eigenvalue weighted by atomic mass is 16.7. The van der Waals surface area contributed by atoms with Crippen LogP contribution in [0.1, 0.15) is 174 Å². The van der Waals surface area contributed by atoms with E-state index in [0.29, 0.717) is 0 Å². The molecule has 0 aromatic carbocycles. The number of likely N-dealkylation sites (N-methyl/N-ethyl adjacent to an activating group) is 1. The number of rotatable bonds is 30. The lowest BCUT2D eigenvalue weighted by Crippen LogP contribution is -2.39. The summed E-state index contributed by atoms with van der Waals surface area (Å²) in [6.07, 6.45) is 42.5. The fourth-order valence-electron chi connectivity index (χ4n) is 5.72. The Morgan fingerprint density at radius 1 is 0.500 bits per heavy atom. The van der Waals surface area contributed by atoms with Gasteiger partial charge in [0.2, 0.25) is 0 Å². The topological polar surface area (TPSA) is 21.7 Å². The number of likely N-dealkylation sites (tertiary alicyclic amines) is 1. The summed E-state index contributed by atoms with van der Waals surface area (Å²) in [5.41, 5.74) is 0. The Labute approximate surface area is 251 Å². The van der Waals surface area contributed by atoms with Crippen LogP contribution in [0.4, 0.5) is 0 Å². The molecule has 1 fully saturated rings. The van der Waals surface area contributed by atoms with E-state index in [1.165, 1.54) is 154 Å². The standard InChI is InChI=1S/C37H71NO2/c1-4-6-8-10-12-14-16-18-20-22-24-26-28-30-34-39-37(32-33-38(3)36-37)40-35-31-29-27-25-23-21-19-17-15-13-11-9-7-5-2/h14-17H,4-13,18-36H2,1-3H3/b16-14-,17-15-. The van der Waals surface area contributed by atoms with Gasteiger partial charge >= 0.3 is 0 Å². The van der Waals surface area contributed by atoms with Gasteiger partial charge in [-0.25, -0.2) is 0 Å². The molecule has 0 unspecified atom stereocenters. The molecule has 3 heteroatoms. The predicted molar refractivity (Wildman–Crippen MR) is 177 cm³/mol. The largest absolute Gasteiger partial charge is 0.349 e. The van der Waals surface area contributed by atoms with Crippen molar-refractivity contribution in [1.82, 2.24) is 4.90 Å². The minimum absolute atomic E-state index is 0.347. The summed E-state index contributed by atoms with van der Waals surface area (Å²) < 4.78 is 12.8. The molecular weight excluding hydrogens is 490 g/mol. The molecule has 0 aromatic heterocycles. The second-order valence-electron chi connectivity index (χ2n) is 12.6. The van der Waals surface area contributed by atoms with Gasteiger partial charge in [-0.15, -0.1) is 0 Å². The molecule has 3 nitrogen and oxygen atoms in total. The van der Waals surface area contributed by atoms with Crippen LogP contribution in [0.2, 0.25) is 0 Å². The molecular formula is C37H71NO2. The highest BCUT2D eigenvalue weighted by Gasteiger charge is 2.38. The Kier molecular flexibility index (Phi) is 26.6. The summed E-state index contributed by atoms with van der Waals surface area (Å²) in [7, 11) is 2.19. The number of unbranched alkanes of at least 4 members (excludes halogenated alkanes) is 20. The van der Waals surface area contributed by atoms with Gasteiger partial charge in [0.1, 0.15) is 0 Å². The van der Waals surface area contributed by atoms with Crippen LogP contribution in [-0.2, 0) is 9.47 Å². The molecule has 1 aliphatic heterocycles. The van der Waals surface area contributed by atoms with Crippen molar-refractivity contribution < 1.29 is 9.47 Å². The van der Waals surface area contributed by atoms with Gasteiger partial charge in [0.05, 0.1) is 19.8 Å². The number of allylic oxidation sites excluding steroid dienone is 4. The van der Waals surface area contributed by atoms with Crippen molar-refractivity contribution in [2.24, 2.45) is 0 Å². The molecule has 0 aromatic rings. The monoisotopic (exact) mass is 562 g/mol. The van der Waals surface area contributed by atoms with Crippen molar-refractivity contribution in [3.05, 3.63) is 24.3 Å². The van der Waals surface area contributed by atoms with E-state index in [4.69, 9.17) is 9.47 Å². The van der Waals surface area contributed by atoms with Crippen LogP contribution in [-0.4, -0.2) is 44.0 Å². The van der Waals surface area contributed by atoms with Crippen LogP contribution in [0.25, 0.3) is 0 Å². The number of ether oxygens (including phenoxy) is 2. The molecule has 1 rings (SSSR count). The fourth-order valence-corrected chi connectivity index (χ4v) is 5.72. The third kappa shape index (κ3) is 23.0. The molecule has 0 bridgehead atoms. The summed E-state index contributed by atoms with van der Waals surface area (Å²) in [5.74, 6) is -0.347. The lowest BCUT2D eigenvalue weighted by Gasteiger charge is -2.29. The summed E-state index contributed by atoms with van der Waals surface area (Å²) in [6, 6.07) is 0. The van der Waals surface area contributed by atoms with Crippen LogP contribution in [0.15, 0.2) is 24.3 Å². The second kappa shape index (κ2) is 28.5. The van der Waals surface area contributed by atoms with E-state index in [1.807, 2.05) is 0 Å². The predicted octanol–water partition coefficient (Wildman–Crippen LogP) is 11.6. The highest BCUT2D eigenvalue weighted by molar-refractivity contribution is 4.83. The van der Waals surface area contributed by atoms with E-state index < -0.39 is 0 Å². The van der Waals surface area contributed by atoms with E-state index >= 15 is 0 Å². The van der Waals surface area contributed by atoms with Crippen molar-refractivity contribution in [3.63, 3.8) is 0 Å². The third-order valence-electron chi connectivity index (χ3n) is 8.43. The average molecular weight is 562 g/mol. The van der Waals surface area contributed by atoms with Crippen LogP contribution >= 0.6 is 0 Å². The first-order valence-corrected chi connectivity index (χ1v) is 18.0. The fraction of sp³-hybridized carbons (Fsp3) is 0.892. The minimum Gasteiger partial charge on any atom is -0.349 e. The van der Waals surface area contributed by atoms with Gasteiger partial charge in [-0.1, -0.05) is 128 Å². The van der Waals surface area contributed by atoms with Crippen molar-refractivity contribution in [2.45, 2.75) is 180 Å². The smallest absolute Gasteiger partial charge is 0.182 e. The summed E-state index contributed by atoms with van der Waals surface area (Å²) in [5, 5.41) is 0. The molecule has 1 saturated heterocycles. The molecule has 1 heterocycles. The molecule has 0 amide bonds. The number of hydrogen-bond donors (Lipinski definition) is 0. The Balaban J connectivity index is 1.96. The molecule has 0 N–H and O–H groups in total. The van der Waals surface area contributed by atoms with Crippen LogP contribution in [0, 0.1) is 0 Å². The van der Waals surface area contributed by atoms with Gasteiger partial charge in [-0.2, -0.15) is 0 Å². The van der Waals surface area contributed by atoms with Crippen LogP contribution in [0.3, 0.4) is 0 Å². The first-order chi connectivity index (χ1) is 19.7. The molecule has 0 saturated carbocycles. The normalized spacial score (nSPS) is 15.8. The zero-order valence-corrected chi connectivity index (χ0v) is 27.6. The summed E-state index contributed by atoms with van der Waals surface area (Å²) in [6.45, 7) is 8.27. The lowest BCUT2D eigenvalue weighted by atomic mass is 10.1. The van der Waals surface area contributed by atoms with Crippen molar-refractivity contribution in [1.29, 1.82) is 0 Å². The van der Waals surface area contributed by atoms with E-state index in [2.05, 4.69) is 50.1 Å². The molecule has 40 heavy (non-hydrogen) atoms. The van der Waals surface area contributed by atoms with Gasteiger partial charge in [0, 0.05) is 13.0 Å². The maximum atomic E-state index is 6.41. The summed E-state index contributed by atoms with van der Waals surface area (Å²) in [4.78, 5) is 2.36. The van der Waals surface area contributed by atoms with Crippen molar-refractivity contribution in [2.75, 3.05) is 33.4 Å². The van der Waals surface area contributed by atoms with Crippen LogP contribution < -0.4 is 0 Å². The Bertz CT molecular complexity index is 533. The quantitative estimate of drug-likeness (QED) is 0.0494. The van der Waals surface area contributed by atoms with Gasteiger partial charge in [0.15, 0.2) is 5.79 Å². The number of nitrogens with zero attached hydrogens (tertiary/aromatic N) is 1. The maximum absolute atomic E-state index is 6.41. The second-order valence-corrected chi connectivity index (χ2v) is 12.6. The average Bonchev–Trinajstić information content (AvgIpc) is 3.33. The van der Waals surface area contributed by atoms with Gasteiger partial charge in [-0.3, -0.25) is 0 Å². The highest BCUT2D eigenvalue weighted by Crippen LogP contribution is 2.27. The Morgan fingerprint density at radius 2 is 0.850 bits per heavy atom. The molecule has 0 spiro atoms. The van der Waals surface area contributed by atoms with Gasteiger partial charge in [0.25, 0.3) is 0 Å². The SMILES string of the molecule is CCCCCC/C=C\CCCCCCCCOC1(OCCCCCCCC/C=C\CCCCCC)CCN(C)C1. The van der Waals surface area contributed by atoms with E-state index in [9.17, 15) is 0 Å². The third-order valence-corrected chi connectivity index (χ3v) is 8.43. The van der Waals surface area contributed by atoms with Crippen molar-refractivity contribution >= 4 is 0 Å². The lowest BCUT2D eigenvalue weighted by molar-refractivity contribution is -0.228. The van der Waals surface area contributed by atoms with Crippen LogP contribution in [0.5, 0.6) is 0 Å². The Hall–Kier alpha value is -0.640. The zero-order chi connectivity index (χ0) is 28.8. The maximum Gasteiger partial charge on any atom is 0.182 e. The first-order valence-electron chi connectivity index (χ1n) is 18.0. The molecule has 0 atom stereocenters. The Morgan fingerprint density at radius 3 is 1.20 bits per heavy atom. The molecule has 0 aliphatic carbocycles. The van der Waals surface area contributed by atoms with Gasteiger partial charge < -0.3 is 14.4 Å². The van der Waals surface area contributed by atoms with E-state index in [-0.39, 0.29) is 5.79 Å².